The van der Waals surface area contributed by atoms with Crippen molar-refractivity contribution in [1.29, 1.82) is 0 Å². The largest absolute Gasteiger partial charge is 0.497 e. The predicted octanol–water partition coefficient (Wildman–Crippen LogP) is 1.95. The van der Waals surface area contributed by atoms with E-state index in [2.05, 4.69) is 0 Å². The Morgan fingerprint density at radius 3 is 2.32 bits per heavy atom. The summed E-state index contributed by atoms with van der Waals surface area (Å²) in [5.41, 5.74) is 1.60. The van der Waals surface area contributed by atoms with Crippen LogP contribution in [0.1, 0.15) is 24.2 Å². The van der Waals surface area contributed by atoms with Crippen molar-refractivity contribution in [2.45, 2.75) is 13.8 Å². The summed E-state index contributed by atoms with van der Waals surface area (Å²) in [4.78, 5) is 28.0. The highest BCUT2D eigenvalue weighted by atomic mass is 16.5. The average molecular weight is 302 g/mol. The van der Waals surface area contributed by atoms with Crippen LogP contribution in [0.15, 0.2) is 35.9 Å². The standard InChI is InChI=1S/C17H22N2O3/c1-13(2)11-16(20)18-7-9-19(10-8-18)17(21)14-5-4-6-15(12-14)22-3/h4-6,11-12H,7-10H2,1-3H3. The normalized spacial score (nSPS) is 14.5. The number of hydrogen-bond acceptors (Lipinski definition) is 3. The van der Waals surface area contributed by atoms with Gasteiger partial charge in [-0.2, -0.15) is 0 Å². The Kier molecular flexibility index (Phi) is 5.20. The van der Waals surface area contributed by atoms with Gasteiger partial charge in [0.1, 0.15) is 5.75 Å². The maximum atomic E-state index is 12.5. The minimum Gasteiger partial charge on any atom is -0.497 e. The Morgan fingerprint density at radius 1 is 1.09 bits per heavy atom. The highest BCUT2D eigenvalue weighted by molar-refractivity contribution is 5.95. The van der Waals surface area contributed by atoms with E-state index in [0.717, 1.165) is 5.57 Å². The molecule has 1 aromatic rings. The van der Waals surface area contributed by atoms with Crippen molar-refractivity contribution >= 4 is 11.8 Å². The third-order valence-electron chi connectivity index (χ3n) is 3.61. The van der Waals surface area contributed by atoms with Crippen LogP contribution in [0.3, 0.4) is 0 Å². The fourth-order valence-electron chi connectivity index (χ4n) is 2.41. The van der Waals surface area contributed by atoms with Crippen LogP contribution < -0.4 is 4.74 Å². The molecular weight excluding hydrogens is 280 g/mol. The van der Waals surface area contributed by atoms with E-state index in [1.165, 1.54) is 0 Å². The number of hydrogen-bond donors (Lipinski definition) is 0. The molecule has 1 fully saturated rings. The molecule has 22 heavy (non-hydrogen) atoms. The number of carbonyl (C=O) groups excluding carboxylic acids is 2. The molecule has 0 aliphatic carbocycles. The first-order valence-electron chi connectivity index (χ1n) is 7.38. The molecule has 2 rings (SSSR count). The average Bonchev–Trinajstić information content (AvgIpc) is 2.53. The van der Waals surface area contributed by atoms with Crippen LogP contribution in [-0.2, 0) is 4.79 Å². The topological polar surface area (TPSA) is 49.9 Å². The molecule has 118 valence electrons. The van der Waals surface area contributed by atoms with Crippen LogP contribution in [-0.4, -0.2) is 54.9 Å². The third-order valence-corrected chi connectivity index (χ3v) is 3.61. The fraction of sp³-hybridized carbons (Fsp3) is 0.412. The van der Waals surface area contributed by atoms with Crippen LogP contribution in [0, 0.1) is 0 Å². The lowest BCUT2D eigenvalue weighted by Crippen LogP contribution is -2.50. The van der Waals surface area contributed by atoms with Gasteiger partial charge in [-0.3, -0.25) is 9.59 Å². The Hall–Kier alpha value is -2.30. The molecule has 5 nitrogen and oxygen atoms in total. The van der Waals surface area contributed by atoms with Gasteiger partial charge < -0.3 is 14.5 Å². The second-order valence-electron chi connectivity index (χ2n) is 5.57. The number of piperazine rings is 1. The smallest absolute Gasteiger partial charge is 0.254 e. The first-order valence-corrected chi connectivity index (χ1v) is 7.38. The first kappa shape index (κ1) is 16.1. The number of nitrogens with zero attached hydrogens (tertiary/aromatic N) is 2. The van der Waals surface area contributed by atoms with Crippen LogP contribution in [0.5, 0.6) is 5.75 Å². The van der Waals surface area contributed by atoms with Gasteiger partial charge in [0.05, 0.1) is 7.11 Å². The van der Waals surface area contributed by atoms with Crippen LogP contribution >= 0.6 is 0 Å². The molecule has 0 unspecified atom stereocenters. The molecule has 0 aromatic heterocycles. The molecule has 5 heteroatoms. The van der Waals surface area contributed by atoms with E-state index in [4.69, 9.17) is 4.74 Å². The lowest BCUT2D eigenvalue weighted by molar-refractivity contribution is -0.127. The van der Waals surface area contributed by atoms with Crippen molar-refractivity contribution in [3.8, 4) is 5.75 Å². The van der Waals surface area contributed by atoms with Crippen molar-refractivity contribution in [3.05, 3.63) is 41.5 Å². The van der Waals surface area contributed by atoms with E-state index < -0.39 is 0 Å². The van der Waals surface area contributed by atoms with Gasteiger partial charge in [0.25, 0.3) is 5.91 Å². The summed E-state index contributed by atoms with van der Waals surface area (Å²) in [6.07, 6.45) is 1.64. The van der Waals surface area contributed by atoms with Gasteiger partial charge >= 0.3 is 0 Å². The van der Waals surface area contributed by atoms with Crippen molar-refractivity contribution < 1.29 is 14.3 Å². The quantitative estimate of drug-likeness (QED) is 0.802. The molecule has 0 bridgehead atoms. The van der Waals surface area contributed by atoms with Crippen LogP contribution in [0.4, 0.5) is 0 Å². The Balaban J connectivity index is 1.97. The van der Waals surface area contributed by atoms with Gasteiger partial charge in [0.2, 0.25) is 5.91 Å². The summed E-state index contributed by atoms with van der Waals surface area (Å²) in [5.74, 6) is 0.671. The number of methoxy groups -OCH3 is 1. The first-order chi connectivity index (χ1) is 10.5. The second-order valence-corrected chi connectivity index (χ2v) is 5.57. The van der Waals surface area contributed by atoms with E-state index >= 15 is 0 Å². The van der Waals surface area contributed by atoms with Gasteiger partial charge in [-0.1, -0.05) is 11.6 Å². The van der Waals surface area contributed by atoms with Gasteiger partial charge in [0, 0.05) is 37.8 Å². The number of rotatable bonds is 3. The lowest BCUT2D eigenvalue weighted by Gasteiger charge is -2.34. The second kappa shape index (κ2) is 7.11. The van der Waals surface area contributed by atoms with Gasteiger partial charge in [-0.25, -0.2) is 0 Å². The van der Waals surface area contributed by atoms with Gasteiger partial charge in [-0.05, 0) is 32.0 Å². The lowest BCUT2D eigenvalue weighted by atomic mass is 10.1. The van der Waals surface area contributed by atoms with E-state index in [1.807, 2.05) is 19.9 Å². The van der Waals surface area contributed by atoms with Crippen molar-refractivity contribution in [2.75, 3.05) is 33.3 Å². The van der Waals surface area contributed by atoms with Crippen LogP contribution in [0.25, 0.3) is 0 Å². The van der Waals surface area contributed by atoms with E-state index in [1.54, 1.807) is 41.2 Å². The highest BCUT2D eigenvalue weighted by Crippen LogP contribution is 2.15. The van der Waals surface area contributed by atoms with Crippen molar-refractivity contribution in [2.24, 2.45) is 0 Å². The molecule has 2 amide bonds. The third kappa shape index (κ3) is 3.87. The van der Waals surface area contributed by atoms with E-state index in [9.17, 15) is 9.59 Å². The molecule has 0 atom stereocenters. The molecule has 1 aliphatic heterocycles. The summed E-state index contributed by atoms with van der Waals surface area (Å²) < 4.78 is 5.15. The van der Waals surface area contributed by atoms with Crippen molar-refractivity contribution in [3.63, 3.8) is 0 Å². The molecule has 1 saturated heterocycles. The molecule has 0 spiro atoms. The Bertz CT molecular complexity index is 583. The van der Waals surface area contributed by atoms with Crippen LogP contribution in [0.2, 0.25) is 0 Å². The minimum absolute atomic E-state index is 0.0202. The zero-order valence-corrected chi connectivity index (χ0v) is 13.3. The molecule has 1 aromatic carbocycles. The number of benzene rings is 1. The number of allylic oxidation sites excluding steroid dienone is 1. The number of ether oxygens (including phenoxy) is 1. The fourth-order valence-corrected chi connectivity index (χ4v) is 2.41. The number of carbonyl (C=O) groups is 2. The van der Waals surface area contributed by atoms with Gasteiger partial charge in [0.15, 0.2) is 0 Å². The SMILES string of the molecule is COc1cccc(C(=O)N2CCN(C(=O)C=C(C)C)CC2)c1. The molecule has 1 aliphatic rings. The van der Waals surface area contributed by atoms with Crippen molar-refractivity contribution in [1.82, 2.24) is 9.80 Å². The maximum absolute atomic E-state index is 12.5. The predicted molar refractivity (Wildman–Crippen MR) is 84.9 cm³/mol. The zero-order chi connectivity index (χ0) is 16.1. The molecule has 0 N–H and O–H groups in total. The summed E-state index contributed by atoms with van der Waals surface area (Å²) >= 11 is 0. The highest BCUT2D eigenvalue weighted by Gasteiger charge is 2.24. The summed E-state index contributed by atoms with van der Waals surface area (Å²) in [7, 11) is 1.58. The monoisotopic (exact) mass is 302 g/mol. The summed E-state index contributed by atoms with van der Waals surface area (Å²) in [6.45, 7) is 6.05. The molecule has 0 radical (unpaired) electrons. The summed E-state index contributed by atoms with van der Waals surface area (Å²) in [5, 5.41) is 0. The van der Waals surface area contributed by atoms with E-state index in [-0.39, 0.29) is 11.8 Å². The number of amides is 2. The zero-order valence-electron chi connectivity index (χ0n) is 13.3. The molecular formula is C17H22N2O3. The van der Waals surface area contributed by atoms with E-state index in [0.29, 0.717) is 37.5 Å². The molecule has 1 heterocycles. The Labute approximate surface area is 131 Å². The van der Waals surface area contributed by atoms with Gasteiger partial charge in [-0.15, -0.1) is 0 Å². The Morgan fingerprint density at radius 2 is 1.73 bits per heavy atom. The summed E-state index contributed by atoms with van der Waals surface area (Å²) in [6, 6.07) is 7.14. The molecule has 0 saturated carbocycles. The maximum Gasteiger partial charge on any atom is 0.254 e. The minimum atomic E-state index is -0.0202.